The first-order valence-electron chi connectivity index (χ1n) is 7.07. The van der Waals surface area contributed by atoms with Gasteiger partial charge in [-0.2, -0.15) is 18.3 Å². The lowest BCUT2D eigenvalue weighted by Crippen LogP contribution is -2.47. The number of carbonyl (C=O) groups is 1. The summed E-state index contributed by atoms with van der Waals surface area (Å²) in [7, 11) is 0. The van der Waals surface area contributed by atoms with Crippen LogP contribution in [0.2, 0.25) is 5.02 Å². The lowest BCUT2D eigenvalue weighted by Gasteiger charge is -2.26. The highest BCUT2D eigenvalue weighted by molar-refractivity contribution is 7.82. The molecule has 0 aliphatic carbocycles. The summed E-state index contributed by atoms with van der Waals surface area (Å²) < 4.78 is 43.7. The second-order valence-electron chi connectivity index (χ2n) is 5.03. The number of hydrazone groups is 1. The van der Waals surface area contributed by atoms with Gasteiger partial charge in [0.25, 0.3) is 5.91 Å². The number of nitrogens with one attached hydrogen (secondary N) is 1. The average molecular weight is 395 g/mol. The Morgan fingerprint density at radius 2 is 2.00 bits per heavy atom. The fourth-order valence-electron chi connectivity index (χ4n) is 2.06. The third-order valence-corrected chi connectivity index (χ3v) is 3.83. The zero-order chi connectivity index (χ0) is 18.6. The number of nitrogens with two attached hydrogens (primary N) is 1. The summed E-state index contributed by atoms with van der Waals surface area (Å²) in [6, 6.07) is 3.15. The molecule has 1 amide bonds. The molecule has 3 N–H and O–H groups in total. The van der Waals surface area contributed by atoms with Gasteiger partial charge in [-0.15, -0.1) is 0 Å². The number of nitrogens with zero attached hydrogens (tertiary/aromatic N) is 2. The van der Waals surface area contributed by atoms with Gasteiger partial charge in [-0.05, 0) is 18.2 Å². The van der Waals surface area contributed by atoms with Crippen molar-refractivity contribution in [3.8, 4) is 0 Å². The number of hydrogen-bond acceptors (Lipinski definition) is 5. The number of hydrogen-bond donors (Lipinski definition) is 2. The molecule has 11 heteroatoms. The fourth-order valence-corrected chi connectivity index (χ4v) is 2.41. The second kappa shape index (κ2) is 7.98. The maximum Gasteiger partial charge on any atom is 0.417 e. The number of morpholine rings is 1. The van der Waals surface area contributed by atoms with Crippen LogP contribution in [0.4, 0.5) is 18.9 Å². The Kier molecular flexibility index (Phi) is 6.20. The molecule has 6 nitrogen and oxygen atoms in total. The highest BCUT2D eigenvalue weighted by atomic mass is 35.5. The van der Waals surface area contributed by atoms with Crippen LogP contribution in [0.3, 0.4) is 0 Å². The van der Waals surface area contributed by atoms with Crippen LogP contribution in [0.15, 0.2) is 23.3 Å². The number of benzene rings is 1. The molecule has 1 aromatic carbocycles. The first kappa shape index (κ1) is 19.4. The Morgan fingerprint density at radius 1 is 1.36 bits per heavy atom. The fraction of sp³-hybridized carbons (Fsp3) is 0.357. The van der Waals surface area contributed by atoms with Crippen LogP contribution in [0.5, 0.6) is 0 Å². The molecule has 0 unspecified atom stereocenters. The van der Waals surface area contributed by atoms with E-state index in [4.69, 9.17) is 34.3 Å². The van der Waals surface area contributed by atoms with Gasteiger partial charge >= 0.3 is 6.18 Å². The Balaban J connectivity index is 2.22. The van der Waals surface area contributed by atoms with Gasteiger partial charge in [0.05, 0.1) is 29.5 Å². The monoisotopic (exact) mass is 394 g/mol. The largest absolute Gasteiger partial charge is 0.417 e. The van der Waals surface area contributed by atoms with Gasteiger partial charge in [0.1, 0.15) is 4.99 Å². The molecule has 1 heterocycles. The van der Waals surface area contributed by atoms with E-state index in [9.17, 15) is 18.0 Å². The highest BCUT2D eigenvalue weighted by Gasteiger charge is 2.33. The van der Waals surface area contributed by atoms with Crippen LogP contribution >= 0.6 is 23.8 Å². The number of thiocarbonyl (C=S) groups is 1. The molecule has 1 aromatic rings. The topological polar surface area (TPSA) is 79.9 Å². The highest BCUT2D eigenvalue weighted by Crippen LogP contribution is 2.36. The van der Waals surface area contributed by atoms with E-state index in [0.717, 1.165) is 12.1 Å². The van der Waals surface area contributed by atoms with Gasteiger partial charge in [-0.25, -0.2) is 0 Å². The Morgan fingerprint density at radius 3 is 2.56 bits per heavy atom. The summed E-state index contributed by atoms with van der Waals surface area (Å²) in [5.41, 5.74) is 6.60. The van der Waals surface area contributed by atoms with Crippen LogP contribution in [0.25, 0.3) is 0 Å². The van der Waals surface area contributed by atoms with E-state index in [1.54, 1.807) is 0 Å². The van der Waals surface area contributed by atoms with E-state index in [-0.39, 0.29) is 16.4 Å². The maximum absolute atomic E-state index is 12.9. The van der Waals surface area contributed by atoms with Crippen molar-refractivity contribution in [2.24, 2.45) is 10.8 Å². The summed E-state index contributed by atoms with van der Waals surface area (Å²) in [5, 5.41) is 3.34. The second-order valence-corrected chi connectivity index (χ2v) is 5.88. The first-order valence-corrected chi connectivity index (χ1v) is 7.86. The molecule has 0 atom stereocenters. The van der Waals surface area contributed by atoms with Crippen LogP contribution in [0.1, 0.15) is 5.56 Å². The molecule has 25 heavy (non-hydrogen) atoms. The summed E-state index contributed by atoms with van der Waals surface area (Å²) in [6.07, 6.45) is -4.62. The SMILES string of the molecule is NC(=S)/C(=N\Nc1ccc(Cl)c(C(F)(F)F)c1)C(=O)N1CCOCC1. The Labute approximate surface area is 151 Å². The minimum absolute atomic E-state index is 0.0137. The van der Waals surface area contributed by atoms with Crippen molar-refractivity contribution in [2.45, 2.75) is 6.18 Å². The van der Waals surface area contributed by atoms with Crippen molar-refractivity contribution in [2.75, 3.05) is 31.7 Å². The minimum Gasteiger partial charge on any atom is -0.388 e. The van der Waals surface area contributed by atoms with Crippen LogP contribution in [-0.4, -0.2) is 47.8 Å². The first-order chi connectivity index (χ1) is 11.7. The Hall–Kier alpha value is -1.91. The lowest BCUT2D eigenvalue weighted by molar-refractivity contribution is -0.137. The number of anilines is 1. The summed E-state index contributed by atoms with van der Waals surface area (Å²) in [6.45, 7) is 1.44. The molecule has 0 radical (unpaired) electrons. The molecule has 0 aromatic heterocycles. The van der Waals surface area contributed by atoms with Crippen LogP contribution < -0.4 is 11.2 Å². The minimum atomic E-state index is -4.62. The number of halogens is 4. The van der Waals surface area contributed by atoms with Crippen molar-refractivity contribution >= 4 is 46.1 Å². The normalized spacial score (nSPS) is 15.8. The molecule has 0 spiro atoms. The van der Waals surface area contributed by atoms with Crippen molar-refractivity contribution in [1.29, 1.82) is 0 Å². The van der Waals surface area contributed by atoms with Gasteiger partial charge in [0, 0.05) is 13.1 Å². The maximum atomic E-state index is 12.9. The van der Waals surface area contributed by atoms with Gasteiger partial charge in [-0.3, -0.25) is 10.2 Å². The van der Waals surface area contributed by atoms with Crippen molar-refractivity contribution in [3.63, 3.8) is 0 Å². The van der Waals surface area contributed by atoms with E-state index in [1.165, 1.54) is 11.0 Å². The van der Waals surface area contributed by atoms with Crippen molar-refractivity contribution in [3.05, 3.63) is 28.8 Å². The van der Waals surface area contributed by atoms with Gasteiger partial charge in [-0.1, -0.05) is 23.8 Å². The van der Waals surface area contributed by atoms with Gasteiger partial charge in [0.15, 0.2) is 5.71 Å². The number of alkyl halides is 3. The third kappa shape index (κ3) is 5.03. The molecule has 1 saturated heterocycles. The zero-order valence-corrected chi connectivity index (χ0v) is 14.3. The quantitative estimate of drug-likeness (QED) is 0.465. The van der Waals surface area contributed by atoms with Crippen molar-refractivity contribution in [1.82, 2.24) is 4.90 Å². The molecular formula is C14H14ClF3N4O2S. The predicted molar refractivity (Wildman–Crippen MR) is 91.7 cm³/mol. The van der Waals surface area contributed by atoms with Crippen molar-refractivity contribution < 1.29 is 22.7 Å². The van der Waals surface area contributed by atoms with Crippen LogP contribution in [0, 0.1) is 0 Å². The summed E-state index contributed by atoms with van der Waals surface area (Å²) in [5.74, 6) is -0.520. The van der Waals surface area contributed by atoms with E-state index in [1.807, 2.05) is 0 Å². The molecule has 136 valence electrons. The summed E-state index contributed by atoms with van der Waals surface area (Å²) in [4.78, 5) is 13.6. The molecule has 2 rings (SSSR count). The van der Waals surface area contributed by atoms with E-state index < -0.39 is 22.7 Å². The van der Waals surface area contributed by atoms with E-state index in [2.05, 4.69) is 10.5 Å². The van der Waals surface area contributed by atoms with Crippen LogP contribution in [-0.2, 0) is 15.7 Å². The average Bonchev–Trinajstić information content (AvgIpc) is 2.55. The molecule has 0 saturated carbocycles. The number of amides is 1. The molecule has 1 aliphatic rings. The summed E-state index contributed by atoms with van der Waals surface area (Å²) >= 11 is 10.4. The Bertz CT molecular complexity index is 706. The third-order valence-electron chi connectivity index (χ3n) is 3.30. The lowest BCUT2D eigenvalue weighted by atomic mass is 10.2. The van der Waals surface area contributed by atoms with Gasteiger partial charge in [0.2, 0.25) is 0 Å². The number of carbonyl (C=O) groups excluding carboxylic acids is 1. The molecular weight excluding hydrogens is 381 g/mol. The molecule has 1 aliphatic heterocycles. The predicted octanol–water partition coefficient (Wildman–Crippen LogP) is 2.27. The van der Waals surface area contributed by atoms with E-state index in [0.29, 0.717) is 26.3 Å². The molecule has 0 bridgehead atoms. The van der Waals surface area contributed by atoms with E-state index >= 15 is 0 Å². The molecule has 1 fully saturated rings. The van der Waals surface area contributed by atoms with Gasteiger partial charge < -0.3 is 15.4 Å². The standard InChI is InChI=1S/C14H14ClF3N4O2S/c15-10-2-1-8(7-9(10)14(16,17)18)20-21-11(12(19)25)13(23)22-3-5-24-6-4-22/h1-2,7,20H,3-6H2,(H2,19,25)/b21-11+. The number of rotatable bonds is 4. The smallest absolute Gasteiger partial charge is 0.388 e. The number of ether oxygens (including phenoxy) is 1. The zero-order valence-electron chi connectivity index (χ0n) is 12.8.